The van der Waals surface area contributed by atoms with E-state index in [1.54, 1.807) is 0 Å². The van der Waals surface area contributed by atoms with E-state index in [1.165, 1.54) is 6.26 Å². The Labute approximate surface area is 109 Å². The van der Waals surface area contributed by atoms with Crippen LogP contribution in [0.4, 0.5) is 0 Å². The Morgan fingerprint density at radius 2 is 2.17 bits per heavy atom. The lowest BCUT2D eigenvalue weighted by atomic mass is 10.0. The largest absolute Gasteiger partial charge is 0.310 e. The fraction of sp³-hybridized carbons (Fsp3) is 0.750. The van der Waals surface area contributed by atoms with Gasteiger partial charge in [0.1, 0.15) is 9.84 Å². The fourth-order valence-corrected chi connectivity index (χ4v) is 2.71. The summed E-state index contributed by atoms with van der Waals surface area (Å²) in [7, 11) is -0.955. The van der Waals surface area contributed by atoms with Crippen molar-refractivity contribution < 1.29 is 8.42 Å². The van der Waals surface area contributed by atoms with E-state index < -0.39 is 9.84 Å². The predicted molar refractivity (Wildman–Crippen MR) is 73.3 cm³/mol. The second-order valence-electron chi connectivity index (χ2n) is 4.69. The van der Waals surface area contributed by atoms with Gasteiger partial charge >= 0.3 is 0 Å². The maximum Gasteiger partial charge on any atom is 0.147 e. The first-order valence-corrected chi connectivity index (χ1v) is 8.30. The van der Waals surface area contributed by atoms with Crippen LogP contribution in [0.3, 0.4) is 0 Å². The number of aryl methyl sites for hydroxylation is 1. The van der Waals surface area contributed by atoms with Crippen LogP contribution in [0.25, 0.3) is 0 Å². The predicted octanol–water partition coefficient (Wildman–Crippen LogP) is 1.20. The van der Waals surface area contributed by atoms with Crippen LogP contribution in [0.15, 0.2) is 6.20 Å². The molecule has 0 aliphatic rings. The Bertz CT molecular complexity index is 480. The number of hydrogen-bond acceptors (Lipinski definition) is 4. The molecule has 1 rings (SSSR count). The molecule has 104 valence electrons. The number of nitrogens with zero attached hydrogens (tertiary/aromatic N) is 2. The highest BCUT2D eigenvalue weighted by atomic mass is 32.2. The van der Waals surface area contributed by atoms with E-state index in [0.29, 0.717) is 6.42 Å². The van der Waals surface area contributed by atoms with E-state index in [-0.39, 0.29) is 11.8 Å². The van der Waals surface area contributed by atoms with Gasteiger partial charge in [-0.3, -0.25) is 4.68 Å². The van der Waals surface area contributed by atoms with Crippen LogP contribution in [0, 0.1) is 6.92 Å². The average molecular weight is 273 g/mol. The highest BCUT2D eigenvalue weighted by Gasteiger charge is 2.16. The van der Waals surface area contributed by atoms with E-state index in [4.69, 9.17) is 0 Å². The van der Waals surface area contributed by atoms with E-state index in [1.807, 2.05) is 24.9 Å². The van der Waals surface area contributed by atoms with Gasteiger partial charge in [0.05, 0.1) is 6.20 Å². The minimum Gasteiger partial charge on any atom is -0.310 e. The Morgan fingerprint density at radius 1 is 1.50 bits per heavy atom. The third kappa shape index (κ3) is 4.42. The van der Waals surface area contributed by atoms with Crippen LogP contribution in [0.5, 0.6) is 0 Å². The van der Waals surface area contributed by atoms with Crippen molar-refractivity contribution in [2.45, 2.75) is 32.7 Å². The van der Waals surface area contributed by atoms with Gasteiger partial charge in [-0.25, -0.2) is 8.42 Å². The molecule has 0 fully saturated rings. The summed E-state index contributed by atoms with van der Waals surface area (Å²) in [6, 6.07) is 0.186. The van der Waals surface area contributed by atoms with Crippen molar-refractivity contribution in [3.8, 4) is 0 Å². The van der Waals surface area contributed by atoms with E-state index >= 15 is 0 Å². The van der Waals surface area contributed by atoms with Crippen molar-refractivity contribution in [3.05, 3.63) is 17.5 Å². The maximum absolute atomic E-state index is 11.1. The zero-order chi connectivity index (χ0) is 13.8. The van der Waals surface area contributed by atoms with Crippen molar-refractivity contribution in [1.29, 1.82) is 0 Å². The van der Waals surface area contributed by atoms with Crippen molar-refractivity contribution in [2.75, 3.05) is 18.6 Å². The van der Waals surface area contributed by atoms with Gasteiger partial charge in [0.2, 0.25) is 0 Å². The quantitative estimate of drug-likeness (QED) is 0.811. The summed E-state index contributed by atoms with van der Waals surface area (Å²) in [6.45, 7) is 4.94. The molecule has 1 unspecified atom stereocenters. The first-order valence-electron chi connectivity index (χ1n) is 6.24. The summed E-state index contributed by atoms with van der Waals surface area (Å²) in [4.78, 5) is 0. The smallest absolute Gasteiger partial charge is 0.147 e. The molecular formula is C12H23N3O2S. The monoisotopic (exact) mass is 273 g/mol. The number of rotatable bonds is 7. The van der Waals surface area contributed by atoms with Gasteiger partial charge in [0, 0.05) is 36.4 Å². The SMILES string of the molecule is CCNC(CCCS(C)(=O)=O)c1cnn(C)c1C. The van der Waals surface area contributed by atoms with Gasteiger partial charge in [0.25, 0.3) is 0 Å². The van der Waals surface area contributed by atoms with Crippen molar-refractivity contribution in [3.63, 3.8) is 0 Å². The van der Waals surface area contributed by atoms with Crippen LogP contribution in [0.2, 0.25) is 0 Å². The molecule has 0 aliphatic heterocycles. The maximum atomic E-state index is 11.1. The lowest BCUT2D eigenvalue weighted by Crippen LogP contribution is -2.22. The molecule has 0 aromatic carbocycles. The van der Waals surface area contributed by atoms with Crippen molar-refractivity contribution >= 4 is 9.84 Å². The van der Waals surface area contributed by atoms with Gasteiger partial charge < -0.3 is 5.32 Å². The second kappa shape index (κ2) is 6.33. The number of aromatic nitrogens is 2. The molecule has 1 heterocycles. The third-order valence-corrected chi connectivity index (χ3v) is 4.14. The first-order chi connectivity index (χ1) is 8.35. The molecule has 6 heteroatoms. The molecule has 0 aliphatic carbocycles. The minimum atomic E-state index is -2.87. The highest BCUT2D eigenvalue weighted by Crippen LogP contribution is 2.21. The van der Waals surface area contributed by atoms with Gasteiger partial charge in [-0.05, 0) is 26.3 Å². The molecule has 0 saturated heterocycles. The van der Waals surface area contributed by atoms with E-state index in [2.05, 4.69) is 17.3 Å². The van der Waals surface area contributed by atoms with E-state index in [9.17, 15) is 8.42 Å². The van der Waals surface area contributed by atoms with Crippen LogP contribution in [-0.2, 0) is 16.9 Å². The average Bonchev–Trinajstić information content (AvgIpc) is 2.57. The topological polar surface area (TPSA) is 64.0 Å². The zero-order valence-corrected chi connectivity index (χ0v) is 12.4. The van der Waals surface area contributed by atoms with Gasteiger partial charge in [-0.15, -0.1) is 0 Å². The van der Waals surface area contributed by atoms with Gasteiger partial charge in [0.15, 0.2) is 0 Å². The summed E-state index contributed by atoms with van der Waals surface area (Å²) >= 11 is 0. The minimum absolute atomic E-state index is 0.186. The molecule has 0 spiro atoms. The van der Waals surface area contributed by atoms with Crippen LogP contribution in [0.1, 0.15) is 37.1 Å². The molecule has 1 atom stereocenters. The summed E-state index contributed by atoms with van der Waals surface area (Å²) in [5.74, 6) is 0.244. The Kier molecular flexibility index (Phi) is 5.34. The Hall–Kier alpha value is -0.880. The normalized spacial score (nSPS) is 13.8. The summed E-state index contributed by atoms with van der Waals surface area (Å²) in [6.07, 6.45) is 4.63. The lowest BCUT2D eigenvalue weighted by Gasteiger charge is -2.17. The highest BCUT2D eigenvalue weighted by molar-refractivity contribution is 7.90. The van der Waals surface area contributed by atoms with E-state index in [0.717, 1.165) is 24.2 Å². The molecule has 0 saturated carbocycles. The Morgan fingerprint density at radius 3 is 2.61 bits per heavy atom. The van der Waals surface area contributed by atoms with Crippen LogP contribution >= 0.6 is 0 Å². The molecule has 0 amide bonds. The molecule has 0 radical (unpaired) electrons. The molecule has 1 N–H and O–H groups in total. The van der Waals surface area contributed by atoms with Gasteiger partial charge in [-0.1, -0.05) is 6.92 Å². The molecule has 18 heavy (non-hydrogen) atoms. The number of hydrogen-bond donors (Lipinski definition) is 1. The second-order valence-corrected chi connectivity index (χ2v) is 6.95. The Balaban J connectivity index is 2.68. The molecule has 0 bridgehead atoms. The zero-order valence-electron chi connectivity index (χ0n) is 11.6. The van der Waals surface area contributed by atoms with Crippen molar-refractivity contribution in [1.82, 2.24) is 15.1 Å². The van der Waals surface area contributed by atoms with Gasteiger partial charge in [-0.2, -0.15) is 5.10 Å². The van der Waals surface area contributed by atoms with Crippen molar-refractivity contribution in [2.24, 2.45) is 7.05 Å². The summed E-state index contributed by atoms with van der Waals surface area (Å²) < 4.78 is 24.1. The molecule has 1 aromatic heterocycles. The summed E-state index contributed by atoms with van der Waals surface area (Å²) in [5.41, 5.74) is 2.29. The molecule has 5 nitrogen and oxygen atoms in total. The molecule has 1 aromatic rings. The van der Waals surface area contributed by atoms with Crippen LogP contribution < -0.4 is 5.32 Å². The summed E-state index contributed by atoms with van der Waals surface area (Å²) in [5, 5.41) is 7.63. The fourth-order valence-electron chi connectivity index (χ4n) is 2.02. The first kappa shape index (κ1) is 15.2. The number of sulfone groups is 1. The van der Waals surface area contributed by atoms with Crippen LogP contribution in [-0.4, -0.2) is 36.8 Å². The standard InChI is InChI=1S/C12H23N3O2S/c1-5-13-12(7-6-8-18(4,16)17)11-9-14-15(3)10(11)2/h9,12-13H,5-8H2,1-4H3. The lowest BCUT2D eigenvalue weighted by molar-refractivity contribution is 0.504. The third-order valence-electron chi connectivity index (χ3n) is 3.11. The number of nitrogens with one attached hydrogen (secondary N) is 1. The molecular weight excluding hydrogens is 250 g/mol.